The SMILES string of the molecule is CN(C)[C@@H](CNS(=O)(=O)c1ccc2c(c1)OCO2)c1cccc(Cl)c1. The van der Waals surface area contributed by atoms with Crippen LogP contribution < -0.4 is 14.2 Å². The predicted octanol–water partition coefficient (Wildman–Crippen LogP) is 2.65. The van der Waals surface area contributed by atoms with E-state index in [2.05, 4.69) is 4.72 Å². The molecule has 8 heteroatoms. The molecule has 0 aliphatic carbocycles. The molecule has 25 heavy (non-hydrogen) atoms. The molecule has 2 aromatic carbocycles. The highest BCUT2D eigenvalue weighted by molar-refractivity contribution is 7.89. The second kappa shape index (κ2) is 7.21. The lowest BCUT2D eigenvalue weighted by Gasteiger charge is -2.25. The lowest BCUT2D eigenvalue weighted by atomic mass is 10.1. The van der Waals surface area contributed by atoms with Crippen molar-refractivity contribution in [2.24, 2.45) is 0 Å². The van der Waals surface area contributed by atoms with Gasteiger partial charge >= 0.3 is 0 Å². The number of fused-ring (bicyclic) bond motifs is 1. The van der Waals surface area contributed by atoms with Crippen molar-refractivity contribution in [3.63, 3.8) is 0 Å². The van der Waals surface area contributed by atoms with Gasteiger partial charge < -0.3 is 14.4 Å². The number of sulfonamides is 1. The standard InChI is InChI=1S/C17H19ClN2O4S/c1-20(2)15(12-4-3-5-13(18)8-12)10-19-25(21,22)14-6-7-16-17(9-14)24-11-23-16/h3-9,15,19H,10-11H2,1-2H3/t15-/m0/s1. The van der Waals surface area contributed by atoms with Crippen LogP contribution in [0.1, 0.15) is 11.6 Å². The van der Waals surface area contributed by atoms with Gasteiger partial charge in [0.05, 0.1) is 4.90 Å². The molecule has 0 radical (unpaired) electrons. The Kier molecular flexibility index (Phi) is 5.19. The van der Waals surface area contributed by atoms with Crippen LogP contribution in [-0.4, -0.2) is 40.8 Å². The summed E-state index contributed by atoms with van der Waals surface area (Å²) in [6.07, 6.45) is 0. The van der Waals surface area contributed by atoms with E-state index in [4.69, 9.17) is 21.1 Å². The minimum absolute atomic E-state index is 0.101. The minimum Gasteiger partial charge on any atom is -0.454 e. The maximum absolute atomic E-state index is 12.6. The van der Waals surface area contributed by atoms with Gasteiger partial charge in [0.2, 0.25) is 16.8 Å². The molecule has 0 fully saturated rings. The summed E-state index contributed by atoms with van der Waals surface area (Å²) in [7, 11) is 0.105. The van der Waals surface area contributed by atoms with Crippen molar-refractivity contribution >= 4 is 21.6 Å². The largest absolute Gasteiger partial charge is 0.454 e. The molecule has 0 bridgehead atoms. The van der Waals surface area contributed by atoms with Crippen molar-refractivity contribution in [1.82, 2.24) is 9.62 Å². The minimum atomic E-state index is -3.67. The smallest absolute Gasteiger partial charge is 0.240 e. The van der Waals surface area contributed by atoms with E-state index in [1.54, 1.807) is 12.1 Å². The summed E-state index contributed by atoms with van der Waals surface area (Å²) < 4.78 is 38.3. The summed E-state index contributed by atoms with van der Waals surface area (Å²) in [4.78, 5) is 2.08. The van der Waals surface area contributed by atoms with Gasteiger partial charge in [-0.1, -0.05) is 23.7 Å². The summed E-state index contributed by atoms with van der Waals surface area (Å²) in [6, 6.07) is 11.8. The van der Waals surface area contributed by atoms with E-state index < -0.39 is 10.0 Å². The molecular weight excluding hydrogens is 364 g/mol. The van der Waals surface area contributed by atoms with Crippen molar-refractivity contribution < 1.29 is 17.9 Å². The number of nitrogens with zero attached hydrogens (tertiary/aromatic N) is 1. The molecule has 134 valence electrons. The molecule has 3 rings (SSSR count). The highest BCUT2D eigenvalue weighted by Gasteiger charge is 2.22. The molecule has 1 heterocycles. The second-order valence-corrected chi connectivity index (χ2v) is 8.10. The van der Waals surface area contributed by atoms with Crippen molar-refractivity contribution in [2.45, 2.75) is 10.9 Å². The molecule has 1 aliphatic heterocycles. The normalized spacial score (nSPS) is 14.7. The van der Waals surface area contributed by atoms with Gasteiger partial charge in [-0.3, -0.25) is 0 Å². The summed E-state index contributed by atoms with van der Waals surface area (Å²) >= 11 is 6.05. The Morgan fingerprint density at radius 2 is 1.92 bits per heavy atom. The van der Waals surface area contributed by atoms with Crippen LogP contribution >= 0.6 is 11.6 Å². The van der Waals surface area contributed by atoms with E-state index >= 15 is 0 Å². The van der Waals surface area contributed by atoms with Gasteiger partial charge in [-0.15, -0.1) is 0 Å². The van der Waals surface area contributed by atoms with Crippen LogP contribution in [0.4, 0.5) is 0 Å². The van der Waals surface area contributed by atoms with Crippen molar-refractivity contribution in [3.8, 4) is 11.5 Å². The first-order valence-electron chi connectivity index (χ1n) is 7.68. The fourth-order valence-corrected chi connectivity index (χ4v) is 3.88. The highest BCUT2D eigenvalue weighted by Crippen LogP contribution is 2.33. The average molecular weight is 383 g/mol. The van der Waals surface area contributed by atoms with Gasteiger partial charge in [0.1, 0.15) is 0 Å². The first kappa shape index (κ1) is 18.0. The average Bonchev–Trinajstić information content (AvgIpc) is 3.02. The molecule has 0 saturated carbocycles. The zero-order valence-corrected chi connectivity index (χ0v) is 15.5. The third-order valence-corrected chi connectivity index (χ3v) is 5.63. The fraction of sp³-hybridized carbons (Fsp3) is 0.294. The Bertz CT molecular complexity index is 871. The summed E-state index contributed by atoms with van der Waals surface area (Å²) in [5.41, 5.74) is 0.936. The van der Waals surface area contributed by atoms with Gasteiger partial charge in [0.25, 0.3) is 0 Å². The third kappa shape index (κ3) is 4.07. The number of hydrogen-bond acceptors (Lipinski definition) is 5. The Balaban J connectivity index is 1.78. The van der Waals surface area contributed by atoms with E-state index in [1.807, 2.05) is 37.2 Å². The van der Waals surface area contributed by atoms with E-state index in [9.17, 15) is 8.42 Å². The lowest BCUT2D eigenvalue weighted by molar-refractivity contribution is 0.174. The quantitative estimate of drug-likeness (QED) is 0.831. The van der Waals surface area contributed by atoms with Crippen molar-refractivity contribution in [3.05, 3.63) is 53.1 Å². The van der Waals surface area contributed by atoms with Gasteiger partial charge in [-0.05, 0) is 43.9 Å². The second-order valence-electron chi connectivity index (χ2n) is 5.90. The number of nitrogens with one attached hydrogen (secondary N) is 1. The Morgan fingerprint density at radius 3 is 2.64 bits per heavy atom. The van der Waals surface area contributed by atoms with Crippen LogP contribution in [0.25, 0.3) is 0 Å². The van der Waals surface area contributed by atoms with E-state index in [-0.39, 0.29) is 24.3 Å². The first-order valence-corrected chi connectivity index (χ1v) is 9.54. The monoisotopic (exact) mass is 382 g/mol. The highest BCUT2D eigenvalue weighted by atomic mass is 35.5. The zero-order chi connectivity index (χ0) is 18.0. The van der Waals surface area contributed by atoms with Crippen molar-refractivity contribution in [2.75, 3.05) is 27.4 Å². The Labute approximate surface area is 152 Å². The van der Waals surface area contributed by atoms with Gasteiger partial charge in [0.15, 0.2) is 11.5 Å². The van der Waals surface area contributed by atoms with Crippen LogP contribution in [0.15, 0.2) is 47.4 Å². The van der Waals surface area contributed by atoms with E-state index in [1.165, 1.54) is 12.1 Å². The number of halogens is 1. The maximum Gasteiger partial charge on any atom is 0.240 e. The van der Waals surface area contributed by atoms with E-state index in [0.29, 0.717) is 16.5 Å². The van der Waals surface area contributed by atoms with Crippen LogP contribution in [-0.2, 0) is 10.0 Å². The molecule has 1 aliphatic rings. The van der Waals surface area contributed by atoms with E-state index in [0.717, 1.165) is 5.56 Å². The predicted molar refractivity (Wildman–Crippen MR) is 95.6 cm³/mol. The molecular formula is C17H19ClN2O4S. The fourth-order valence-electron chi connectivity index (χ4n) is 2.63. The molecule has 1 N–H and O–H groups in total. The van der Waals surface area contributed by atoms with Crippen molar-refractivity contribution in [1.29, 1.82) is 0 Å². The molecule has 0 unspecified atom stereocenters. The molecule has 0 saturated heterocycles. The molecule has 1 atom stereocenters. The number of hydrogen-bond donors (Lipinski definition) is 1. The number of rotatable bonds is 6. The van der Waals surface area contributed by atoms with Crippen LogP contribution in [0.5, 0.6) is 11.5 Å². The van der Waals surface area contributed by atoms with Crippen LogP contribution in [0, 0.1) is 0 Å². The van der Waals surface area contributed by atoms with Gasteiger partial charge in [0, 0.05) is 23.7 Å². The first-order chi connectivity index (χ1) is 11.9. The molecule has 6 nitrogen and oxygen atoms in total. The zero-order valence-electron chi connectivity index (χ0n) is 13.9. The summed E-state index contributed by atoms with van der Waals surface area (Å²) in [6.45, 7) is 0.313. The Morgan fingerprint density at radius 1 is 1.16 bits per heavy atom. The number of likely N-dealkylation sites (N-methyl/N-ethyl adjacent to an activating group) is 1. The summed E-state index contributed by atoms with van der Waals surface area (Å²) in [5, 5.41) is 0.614. The molecule has 2 aromatic rings. The molecule has 0 amide bonds. The number of ether oxygens (including phenoxy) is 2. The lowest BCUT2D eigenvalue weighted by Crippen LogP contribution is -2.34. The third-order valence-electron chi connectivity index (χ3n) is 3.98. The van der Waals surface area contributed by atoms with Crippen LogP contribution in [0.3, 0.4) is 0 Å². The Hall–Kier alpha value is -1.80. The topological polar surface area (TPSA) is 67.9 Å². The molecule has 0 aromatic heterocycles. The van der Waals surface area contributed by atoms with Gasteiger partial charge in [-0.2, -0.15) is 0 Å². The summed E-state index contributed by atoms with van der Waals surface area (Å²) in [5.74, 6) is 0.978. The molecule has 0 spiro atoms. The maximum atomic E-state index is 12.6. The van der Waals surface area contributed by atoms with Gasteiger partial charge in [-0.25, -0.2) is 13.1 Å². The van der Waals surface area contributed by atoms with Crippen LogP contribution in [0.2, 0.25) is 5.02 Å². The number of benzene rings is 2.